The van der Waals surface area contributed by atoms with E-state index in [1.165, 1.54) is 9.87 Å². The Morgan fingerprint density at radius 3 is 2.48 bits per heavy atom. The Kier molecular flexibility index (Phi) is 10.9. The molecule has 1 aromatic carbocycles. The molecule has 0 saturated carbocycles. The number of likely N-dealkylation sites (N-methyl/N-ethyl adjacent to an activating group) is 1. The summed E-state index contributed by atoms with van der Waals surface area (Å²) >= 11 is 8.42. The lowest BCUT2D eigenvalue weighted by molar-refractivity contribution is -0.128. The van der Waals surface area contributed by atoms with Gasteiger partial charge in [-0.3, -0.25) is 23.7 Å². The number of likely N-dealkylation sites (tertiary alicyclic amines) is 1. The highest BCUT2D eigenvalue weighted by molar-refractivity contribution is 7.80. The van der Waals surface area contributed by atoms with Gasteiger partial charge in [-0.15, -0.1) is 0 Å². The minimum atomic E-state index is -0.0520. The standard InChI is InChI=1S/C21H34N4O2S2/c1-2-25(29)21(27)17-24(14-15-28)13-10-20(26)22-19-8-11-23(12-9-19)16-18-6-4-3-5-7-18/h3-7,19,28-29H,2,8-17H2,1H3,(H,22,26). The molecule has 0 atom stereocenters. The predicted octanol–water partition coefficient (Wildman–Crippen LogP) is 2.08. The van der Waals surface area contributed by atoms with Crippen molar-refractivity contribution in [1.82, 2.24) is 19.4 Å². The topological polar surface area (TPSA) is 55.9 Å². The minimum absolute atomic E-state index is 0.0520. The third-order valence-corrected chi connectivity index (χ3v) is 5.93. The molecule has 1 aromatic rings. The van der Waals surface area contributed by atoms with Crippen LogP contribution in [0.4, 0.5) is 0 Å². The number of thiol groups is 2. The molecule has 0 spiro atoms. The first-order valence-corrected chi connectivity index (χ1v) is 11.4. The highest BCUT2D eigenvalue weighted by Gasteiger charge is 2.21. The summed E-state index contributed by atoms with van der Waals surface area (Å²) in [4.78, 5) is 28.9. The van der Waals surface area contributed by atoms with Gasteiger partial charge in [-0.25, -0.2) is 0 Å². The van der Waals surface area contributed by atoms with E-state index in [1.807, 2.05) is 17.9 Å². The van der Waals surface area contributed by atoms with Gasteiger partial charge in [0.1, 0.15) is 0 Å². The summed E-state index contributed by atoms with van der Waals surface area (Å²) in [6.07, 6.45) is 2.34. The Hall–Kier alpha value is -1.22. The van der Waals surface area contributed by atoms with Gasteiger partial charge in [0.15, 0.2) is 0 Å². The van der Waals surface area contributed by atoms with Gasteiger partial charge in [-0.2, -0.15) is 12.6 Å². The number of rotatable bonds is 11. The van der Waals surface area contributed by atoms with Crippen LogP contribution in [-0.4, -0.2) is 77.0 Å². The van der Waals surface area contributed by atoms with E-state index in [1.54, 1.807) is 0 Å². The maximum Gasteiger partial charge on any atom is 0.246 e. The zero-order chi connectivity index (χ0) is 21.1. The number of piperidine rings is 1. The van der Waals surface area contributed by atoms with Crippen molar-refractivity contribution < 1.29 is 9.59 Å². The molecule has 6 nitrogen and oxygen atoms in total. The average Bonchev–Trinajstić information content (AvgIpc) is 2.73. The van der Waals surface area contributed by atoms with E-state index < -0.39 is 0 Å². The summed E-state index contributed by atoms with van der Waals surface area (Å²) < 4.78 is 1.40. The molecule has 0 radical (unpaired) electrons. The van der Waals surface area contributed by atoms with Crippen LogP contribution in [0.25, 0.3) is 0 Å². The molecule has 2 amide bonds. The van der Waals surface area contributed by atoms with E-state index in [2.05, 4.69) is 59.9 Å². The van der Waals surface area contributed by atoms with Gasteiger partial charge < -0.3 is 5.32 Å². The molecule has 0 bridgehead atoms. The zero-order valence-electron chi connectivity index (χ0n) is 17.3. The van der Waals surface area contributed by atoms with Crippen LogP contribution in [0.1, 0.15) is 31.7 Å². The summed E-state index contributed by atoms with van der Waals surface area (Å²) in [5, 5.41) is 3.17. The Morgan fingerprint density at radius 2 is 1.86 bits per heavy atom. The Balaban J connectivity index is 1.68. The molecule has 1 N–H and O–H groups in total. The molecule has 8 heteroatoms. The third-order valence-electron chi connectivity index (χ3n) is 5.22. The van der Waals surface area contributed by atoms with Gasteiger partial charge in [-0.05, 0) is 25.3 Å². The normalized spacial score (nSPS) is 15.4. The molecular formula is C21H34N4O2S2. The Labute approximate surface area is 185 Å². The van der Waals surface area contributed by atoms with Gasteiger partial charge >= 0.3 is 0 Å². The quantitative estimate of drug-likeness (QED) is 0.463. The number of carbonyl (C=O) groups excluding carboxylic acids is 2. The lowest BCUT2D eigenvalue weighted by atomic mass is 10.0. The lowest BCUT2D eigenvalue weighted by Crippen LogP contribution is -2.45. The van der Waals surface area contributed by atoms with Crippen LogP contribution in [0, 0.1) is 0 Å². The number of nitrogens with one attached hydrogen (secondary N) is 1. The fraction of sp³-hybridized carbons (Fsp3) is 0.619. The van der Waals surface area contributed by atoms with E-state index in [-0.39, 0.29) is 24.4 Å². The van der Waals surface area contributed by atoms with Gasteiger partial charge in [-0.1, -0.05) is 43.1 Å². The van der Waals surface area contributed by atoms with Crippen LogP contribution >= 0.6 is 25.4 Å². The fourth-order valence-electron chi connectivity index (χ4n) is 3.50. The van der Waals surface area contributed by atoms with E-state index in [9.17, 15) is 9.59 Å². The SMILES string of the molecule is CCN(S)C(=O)CN(CCS)CCC(=O)NC1CCN(Cc2ccccc2)CC1. The predicted molar refractivity (Wildman–Crippen MR) is 124 cm³/mol. The van der Waals surface area contributed by atoms with E-state index in [4.69, 9.17) is 0 Å². The van der Waals surface area contributed by atoms with E-state index >= 15 is 0 Å². The van der Waals surface area contributed by atoms with Crippen molar-refractivity contribution in [3.8, 4) is 0 Å². The zero-order valence-corrected chi connectivity index (χ0v) is 19.1. The van der Waals surface area contributed by atoms with Crippen molar-refractivity contribution >= 4 is 37.3 Å². The van der Waals surface area contributed by atoms with E-state index in [0.717, 1.165) is 32.5 Å². The van der Waals surface area contributed by atoms with Crippen LogP contribution < -0.4 is 5.32 Å². The molecule has 0 unspecified atom stereocenters. The van der Waals surface area contributed by atoms with Gasteiger partial charge in [0.2, 0.25) is 11.8 Å². The molecule has 1 aliphatic heterocycles. The van der Waals surface area contributed by atoms with Crippen LogP contribution in [0.5, 0.6) is 0 Å². The maximum absolute atomic E-state index is 12.4. The highest BCUT2D eigenvalue weighted by Crippen LogP contribution is 2.14. The van der Waals surface area contributed by atoms with Crippen LogP contribution in [0.15, 0.2) is 30.3 Å². The van der Waals surface area contributed by atoms with E-state index in [0.29, 0.717) is 31.8 Å². The molecule has 1 saturated heterocycles. The van der Waals surface area contributed by atoms with Crippen molar-refractivity contribution in [3.05, 3.63) is 35.9 Å². The maximum atomic E-state index is 12.4. The van der Waals surface area contributed by atoms with Crippen LogP contribution in [0.2, 0.25) is 0 Å². The van der Waals surface area contributed by atoms with Gasteiger partial charge in [0.25, 0.3) is 0 Å². The van der Waals surface area contributed by atoms with Crippen molar-refractivity contribution in [1.29, 1.82) is 0 Å². The first-order valence-electron chi connectivity index (χ1n) is 10.4. The lowest BCUT2D eigenvalue weighted by Gasteiger charge is -2.32. The molecule has 0 aromatic heterocycles. The molecule has 1 aliphatic rings. The fourth-order valence-corrected chi connectivity index (χ4v) is 3.84. The number of amides is 2. The van der Waals surface area contributed by atoms with Crippen LogP contribution in [0.3, 0.4) is 0 Å². The number of hydrogen-bond donors (Lipinski definition) is 3. The van der Waals surface area contributed by atoms with Crippen molar-refractivity contribution in [3.63, 3.8) is 0 Å². The Bertz CT molecular complexity index is 624. The molecule has 1 heterocycles. The summed E-state index contributed by atoms with van der Waals surface area (Å²) in [6, 6.07) is 10.7. The van der Waals surface area contributed by atoms with Crippen molar-refractivity contribution in [2.24, 2.45) is 0 Å². The second-order valence-corrected chi connectivity index (χ2v) is 8.39. The summed E-state index contributed by atoms with van der Waals surface area (Å²) in [6.45, 7) is 6.88. The highest BCUT2D eigenvalue weighted by atomic mass is 32.1. The molecular weight excluding hydrogens is 404 g/mol. The first kappa shape index (κ1) is 24.1. The molecule has 29 heavy (non-hydrogen) atoms. The number of benzene rings is 1. The Morgan fingerprint density at radius 1 is 1.17 bits per heavy atom. The summed E-state index contributed by atoms with van der Waals surface area (Å²) in [7, 11) is 0. The van der Waals surface area contributed by atoms with Crippen molar-refractivity contribution in [2.45, 2.75) is 38.8 Å². The molecule has 0 aliphatic carbocycles. The van der Waals surface area contributed by atoms with Crippen molar-refractivity contribution in [2.75, 3.05) is 45.0 Å². The van der Waals surface area contributed by atoms with Gasteiger partial charge in [0.05, 0.1) is 6.54 Å². The van der Waals surface area contributed by atoms with Gasteiger partial charge in [0, 0.05) is 57.5 Å². The second kappa shape index (κ2) is 13.2. The molecule has 2 rings (SSSR count). The number of carbonyl (C=O) groups is 2. The number of nitrogens with zero attached hydrogens (tertiary/aromatic N) is 3. The average molecular weight is 439 g/mol. The van der Waals surface area contributed by atoms with Crippen LogP contribution in [-0.2, 0) is 16.1 Å². The first-order chi connectivity index (χ1) is 14.0. The second-order valence-electron chi connectivity index (χ2n) is 7.46. The third kappa shape index (κ3) is 8.99. The largest absolute Gasteiger partial charge is 0.353 e. The summed E-state index contributed by atoms with van der Waals surface area (Å²) in [5.74, 6) is 0.651. The minimum Gasteiger partial charge on any atom is -0.353 e. The molecule has 1 fully saturated rings. The molecule has 162 valence electrons. The monoisotopic (exact) mass is 438 g/mol. The number of hydrogen-bond acceptors (Lipinski definition) is 6. The smallest absolute Gasteiger partial charge is 0.246 e. The summed E-state index contributed by atoms with van der Waals surface area (Å²) in [5.41, 5.74) is 1.33.